The number of nitrogens with one attached hydrogen (secondary N) is 1. The number of thiophene rings is 1. The summed E-state index contributed by atoms with van der Waals surface area (Å²) in [4.78, 5) is 10.8. The average Bonchev–Trinajstić information content (AvgIpc) is 3.02. The smallest absolute Gasteiger partial charge is 0.148 e. The van der Waals surface area contributed by atoms with Crippen molar-refractivity contribution in [3.63, 3.8) is 0 Å². The number of H-pyrrole nitrogens is 1. The lowest BCUT2D eigenvalue weighted by Gasteiger charge is -2.08. The topological polar surface area (TPSA) is 28.7 Å². The summed E-state index contributed by atoms with van der Waals surface area (Å²) in [7, 11) is 0. The third-order valence-electron chi connectivity index (χ3n) is 3.69. The van der Waals surface area contributed by atoms with Crippen LogP contribution in [0.5, 0.6) is 0 Å². The van der Waals surface area contributed by atoms with Crippen molar-refractivity contribution >= 4 is 34.0 Å². The Bertz CT molecular complexity index is 733. The van der Waals surface area contributed by atoms with Crippen molar-refractivity contribution < 1.29 is 0 Å². The predicted molar refractivity (Wildman–Crippen MR) is 81.1 cm³/mol. The second-order valence-corrected chi connectivity index (χ2v) is 6.53. The van der Waals surface area contributed by atoms with Gasteiger partial charge >= 0.3 is 0 Å². The summed E-state index contributed by atoms with van der Waals surface area (Å²) in [5, 5.41) is 0.710. The minimum absolute atomic E-state index is 0.710. The van der Waals surface area contributed by atoms with E-state index < -0.39 is 0 Å². The van der Waals surface area contributed by atoms with Crippen LogP contribution >= 0.6 is 22.9 Å². The SMILES string of the molecule is Clc1cccc2[nH]c(-c3cc4c(s3)CCCC4)nc12. The predicted octanol–water partition coefficient (Wildman–Crippen LogP) is 4.82. The summed E-state index contributed by atoms with van der Waals surface area (Å²) in [6.45, 7) is 0. The van der Waals surface area contributed by atoms with Gasteiger partial charge in [-0.05, 0) is 49.4 Å². The van der Waals surface area contributed by atoms with E-state index in [0.29, 0.717) is 5.02 Å². The Labute approximate surface area is 120 Å². The van der Waals surface area contributed by atoms with Crippen molar-refractivity contribution in [2.45, 2.75) is 25.7 Å². The van der Waals surface area contributed by atoms with E-state index in [9.17, 15) is 0 Å². The zero-order chi connectivity index (χ0) is 12.8. The summed E-state index contributed by atoms with van der Waals surface area (Å²) in [5.74, 6) is 0.947. The number of hydrogen-bond acceptors (Lipinski definition) is 2. The molecule has 19 heavy (non-hydrogen) atoms. The molecule has 0 amide bonds. The highest BCUT2D eigenvalue weighted by molar-refractivity contribution is 7.15. The van der Waals surface area contributed by atoms with Crippen LogP contribution in [0.4, 0.5) is 0 Å². The van der Waals surface area contributed by atoms with Gasteiger partial charge in [-0.15, -0.1) is 11.3 Å². The monoisotopic (exact) mass is 288 g/mol. The van der Waals surface area contributed by atoms with Gasteiger partial charge in [-0.25, -0.2) is 4.98 Å². The fraction of sp³-hybridized carbons (Fsp3) is 0.267. The lowest BCUT2D eigenvalue weighted by molar-refractivity contribution is 0.697. The van der Waals surface area contributed by atoms with Crippen LogP contribution in [0.15, 0.2) is 24.3 Å². The molecule has 2 aromatic heterocycles. The fourth-order valence-corrected chi connectivity index (χ4v) is 4.14. The van der Waals surface area contributed by atoms with Gasteiger partial charge in [0.15, 0.2) is 0 Å². The third kappa shape index (κ3) is 1.88. The van der Waals surface area contributed by atoms with Gasteiger partial charge in [-0.3, -0.25) is 0 Å². The number of halogens is 1. The number of fused-ring (bicyclic) bond motifs is 2. The maximum Gasteiger partial charge on any atom is 0.148 e. The second kappa shape index (κ2) is 4.36. The number of rotatable bonds is 1. The zero-order valence-electron chi connectivity index (χ0n) is 10.4. The van der Waals surface area contributed by atoms with Crippen LogP contribution < -0.4 is 0 Å². The Morgan fingerprint density at radius 3 is 2.95 bits per heavy atom. The number of aryl methyl sites for hydroxylation is 2. The summed E-state index contributed by atoms with van der Waals surface area (Å²) in [5.41, 5.74) is 3.39. The molecule has 3 aromatic rings. The van der Waals surface area contributed by atoms with Gasteiger partial charge in [-0.2, -0.15) is 0 Å². The molecule has 0 bridgehead atoms. The highest BCUT2D eigenvalue weighted by Gasteiger charge is 2.16. The fourth-order valence-electron chi connectivity index (χ4n) is 2.72. The van der Waals surface area contributed by atoms with E-state index in [4.69, 9.17) is 11.6 Å². The summed E-state index contributed by atoms with van der Waals surface area (Å²) in [6, 6.07) is 8.15. The number of nitrogens with zero attached hydrogens (tertiary/aromatic N) is 1. The molecule has 4 rings (SSSR count). The van der Waals surface area contributed by atoms with Gasteiger partial charge in [-0.1, -0.05) is 17.7 Å². The quantitative estimate of drug-likeness (QED) is 0.683. The molecule has 0 saturated heterocycles. The summed E-state index contributed by atoms with van der Waals surface area (Å²) < 4.78 is 0. The molecule has 0 radical (unpaired) electrons. The normalized spacial score (nSPS) is 14.8. The molecule has 1 aliphatic carbocycles. The Hall–Kier alpha value is -1.32. The molecule has 0 unspecified atom stereocenters. The Morgan fingerprint density at radius 1 is 1.21 bits per heavy atom. The van der Waals surface area contributed by atoms with E-state index in [0.717, 1.165) is 16.9 Å². The number of aromatic nitrogens is 2. The number of imidazole rings is 1. The number of benzene rings is 1. The first-order valence-electron chi connectivity index (χ1n) is 6.57. The van der Waals surface area contributed by atoms with E-state index in [2.05, 4.69) is 16.0 Å². The van der Waals surface area contributed by atoms with Gasteiger partial charge in [0.25, 0.3) is 0 Å². The van der Waals surface area contributed by atoms with Crippen LogP contribution in [0.2, 0.25) is 5.02 Å². The van der Waals surface area contributed by atoms with Crippen molar-refractivity contribution in [2.75, 3.05) is 0 Å². The molecule has 0 aliphatic heterocycles. The Balaban J connectivity index is 1.85. The van der Waals surface area contributed by atoms with Gasteiger partial charge in [0.1, 0.15) is 11.3 Å². The summed E-state index contributed by atoms with van der Waals surface area (Å²) >= 11 is 8.05. The summed E-state index contributed by atoms with van der Waals surface area (Å²) in [6.07, 6.45) is 5.07. The number of hydrogen-bond donors (Lipinski definition) is 1. The van der Waals surface area contributed by atoms with Crippen LogP contribution in [-0.4, -0.2) is 9.97 Å². The molecular weight excluding hydrogens is 276 g/mol. The number of aromatic amines is 1. The first-order chi connectivity index (χ1) is 9.31. The zero-order valence-corrected chi connectivity index (χ0v) is 11.9. The molecule has 0 atom stereocenters. The molecule has 0 fully saturated rings. The van der Waals surface area contributed by atoms with E-state index in [1.807, 2.05) is 29.5 Å². The Kier molecular flexibility index (Phi) is 2.64. The van der Waals surface area contributed by atoms with Crippen LogP contribution in [0, 0.1) is 0 Å². The third-order valence-corrected chi connectivity index (χ3v) is 5.24. The highest BCUT2D eigenvalue weighted by atomic mass is 35.5. The number of para-hydroxylation sites is 1. The van der Waals surface area contributed by atoms with E-state index in [1.54, 1.807) is 0 Å². The van der Waals surface area contributed by atoms with Crippen LogP contribution in [-0.2, 0) is 12.8 Å². The largest absolute Gasteiger partial charge is 0.337 e. The lowest BCUT2D eigenvalue weighted by Crippen LogP contribution is -1.96. The first-order valence-corrected chi connectivity index (χ1v) is 7.77. The molecular formula is C15H13ClN2S. The Morgan fingerprint density at radius 2 is 2.11 bits per heavy atom. The molecule has 1 aliphatic rings. The van der Waals surface area contributed by atoms with Crippen LogP contribution in [0.25, 0.3) is 21.7 Å². The van der Waals surface area contributed by atoms with Gasteiger partial charge in [0.2, 0.25) is 0 Å². The van der Waals surface area contributed by atoms with Gasteiger partial charge < -0.3 is 4.98 Å². The molecule has 1 N–H and O–H groups in total. The van der Waals surface area contributed by atoms with Gasteiger partial charge in [0.05, 0.1) is 15.4 Å². The van der Waals surface area contributed by atoms with E-state index in [-0.39, 0.29) is 0 Å². The van der Waals surface area contributed by atoms with Gasteiger partial charge in [0, 0.05) is 4.88 Å². The maximum absolute atomic E-state index is 6.18. The maximum atomic E-state index is 6.18. The van der Waals surface area contributed by atoms with Crippen LogP contribution in [0.3, 0.4) is 0 Å². The molecule has 4 heteroatoms. The van der Waals surface area contributed by atoms with E-state index in [1.165, 1.54) is 41.0 Å². The van der Waals surface area contributed by atoms with Crippen molar-refractivity contribution in [3.8, 4) is 10.7 Å². The van der Waals surface area contributed by atoms with Crippen LogP contribution in [0.1, 0.15) is 23.3 Å². The molecule has 0 spiro atoms. The lowest BCUT2D eigenvalue weighted by atomic mass is 9.99. The van der Waals surface area contributed by atoms with E-state index >= 15 is 0 Å². The molecule has 2 heterocycles. The highest BCUT2D eigenvalue weighted by Crippen LogP contribution is 2.35. The second-order valence-electron chi connectivity index (χ2n) is 4.99. The minimum Gasteiger partial charge on any atom is -0.337 e. The van der Waals surface area contributed by atoms with Crippen molar-refractivity contribution in [1.82, 2.24) is 9.97 Å². The van der Waals surface area contributed by atoms with Crippen molar-refractivity contribution in [1.29, 1.82) is 0 Å². The minimum atomic E-state index is 0.710. The standard InChI is InChI=1S/C15H13ClN2S/c16-10-5-3-6-11-14(10)18-15(17-11)13-8-9-4-1-2-7-12(9)19-13/h3,5-6,8H,1-2,4,7H2,(H,17,18). The first kappa shape index (κ1) is 11.5. The van der Waals surface area contributed by atoms with Crippen molar-refractivity contribution in [2.24, 2.45) is 0 Å². The molecule has 96 valence electrons. The molecule has 2 nitrogen and oxygen atoms in total. The molecule has 0 saturated carbocycles. The average molecular weight is 289 g/mol. The van der Waals surface area contributed by atoms with Crippen molar-refractivity contribution in [3.05, 3.63) is 39.7 Å². The molecule has 1 aromatic carbocycles.